The number of nitrogens with zero attached hydrogens (tertiary/aromatic N) is 1. The van der Waals surface area contributed by atoms with Gasteiger partial charge in [0.05, 0.1) is 0 Å². The minimum atomic E-state index is -1.34. The molecule has 2 N–H and O–H groups in total. The Morgan fingerprint density at radius 3 is 1.98 bits per heavy atom. The van der Waals surface area contributed by atoms with E-state index in [1.54, 1.807) is 72.7 Å². The molecule has 0 aliphatic carbocycles. The van der Waals surface area contributed by atoms with E-state index in [0.29, 0.717) is 11.1 Å². The van der Waals surface area contributed by atoms with Crippen LogP contribution >= 0.6 is 12.6 Å². The largest absolute Gasteiger partial charge is 0.458 e. The Morgan fingerprint density at radius 1 is 0.881 bits per heavy atom. The molecule has 2 aromatic carbocycles. The van der Waals surface area contributed by atoms with Gasteiger partial charge in [0.25, 0.3) is 5.91 Å². The fourth-order valence-corrected chi connectivity index (χ4v) is 4.27. The minimum absolute atomic E-state index is 0.118. The van der Waals surface area contributed by atoms with Gasteiger partial charge in [-0.05, 0) is 65.2 Å². The van der Waals surface area contributed by atoms with Crippen LogP contribution in [0.2, 0.25) is 0 Å². The second kappa shape index (κ2) is 14.8. The van der Waals surface area contributed by atoms with Crippen LogP contribution in [0.1, 0.15) is 64.3 Å². The summed E-state index contributed by atoms with van der Waals surface area (Å²) in [7, 11) is 0. The number of esters is 1. The number of hydrogen-bond acceptors (Lipinski definition) is 7. The molecular weight excluding hydrogens is 554 g/mol. The highest BCUT2D eigenvalue weighted by Gasteiger charge is 2.38. The third-order valence-electron chi connectivity index (χ3n) is 5.83. The molecule has 0 aliphatic heterocycles. The van der Waals surface area contributed by atoms with Gasteiger partial charge in [-0.3, -0.25) is 14.5 Å². The van der Waals surface area contributed by atoms with E-state index in [4.69, 9.17) is 15.9 Å². The van der Waals surface area contributed by atoms with E-state index in [9.17, 15) is 19.2 Å². The maximum absolute atomic E-state index is 14.1. The number of alkyl carbamates (subject to hydrolysis) is 1. The number of terminal acetylenes is 1. The fraction of sp³-hybridized carbons (Fsp3) is 0.438. The van der Waals surface area contributed by atoms with Gasteiger partial charge in [0.1, 0.15) is 29.3 Å². The Kier molecular flexibility index (Phi) is 12.0. The number of amides is 3. The van der Waals surface area contributed by atoms with Crippen LogP contribution in [0.5, 0.6) is 0 Å². The summed E-state index contributed by atoms with van der Waals surface area (Å²) in [5.41, 5.74) is 0.311. The molecule has 0 saturated carbocycles. The first-order valence-corrected chi connectivity index (χ1v) is 14.2. The predicted octanol–water partition coefficient (Wildman–Crippen LogP) is 4.35. The number of benzene rings is 2. The van der Waals surface area contributed by atoms with Crippen LogP contribution in [-0.4, -0.2) is 57.8 Å². The van der Waals surface area contributed by atoms with Gasteiger partial charge < -0.3 is 20.1 Å². The van der Waals surface area contributed by atoms with Gasteiger partial charge in [-0.1, -0.05) is 61.0 Å². The molecule has 3 unspecified atom stereocenters. The van der Waals surface area contributed by atoms with Crippen LogP contribution in [0, 0.1) is 19.4 Å². The molecule has 0 saturated heterocycles. The normalized spacial score (nSPS) is 13.5. The molecule has 0 aliphatic rings. The predicted molar refractivity (Wildman–Crippen MR) is 165 cm³/mol. The lowest BCUT2D eigenvalue weighted by molar-refractivity contribution is -0.159. The summed E-state index contributed by atoms with van der Waals surface area (Å²) >= 11 is 4.23. The highest BCUT2D eigenvalue weighted by molar-refractivity contribution is 7.80. The van der Waals surface area contributed by atoms with E-state index in [2.05, 4.69) is 29.3 Å². The third kappa shape index (κ3) is 10.5. The van der Waals surface area contributed by atoms with Gasteiger partial charge >= 0.3 is 12.1 Å². The monoisotopic (exact) mass is 595 g/mol. The summed E-state index contributed by atoms with van der Waals surface area (Å²) in [6.45, 7) is 12.0. The van der Waals surface area contributed by atoms with Crippen molar-refractivity contribution in [1.82, 2.24) is 15.5 Å². The Hall–Kier alpha value is -3.97. The zero-order valence-corrected chi connectivity index (χ0v) is 26.2. The maximum Gasteiger partial charge on any atom is 0.408 e. The van der Waals surface area contributed by atoms with Crippen molar-refractivity contribution in [3.63, 3.8) is 0 Å². The van der Waals surface area contributed by atoms with Crippen molar-refractivity contribution in [1.29, 1.82) is 0 Å². The molecule has 2 rings (SSSR count). The van der Waals surface area contributed by atoms with E-state index < -0.39 is 53.2 Å². The average molecular weight is 596 g/mol. The Morgan fingerprint density at radius 2 is 1.45 bits per heavy atom. The Labute approximate surface area is 254 Å². The van der Waals surface area contributed by atoms with Gasteiger partial charge in [-0.15, -0.1) is 0 Å². The molecule has 10 heteroatoms. The summed E-state index contributed by atoms with van der Waals surface area (Å²) < 4.78 is 10.9. The standard InChI is InChI=1S/C32H41N3O6S/c1-9-35(28(37)25(20-42)34-30(39)41-32(6,7)8)26(23-18-14-13-15-21(23)2)27(36)33-24(29(38)40-31(3,4)5)19-22-16-11-10-12-17-22/h1,10-18,24-26,42H,19-20H2,2-8H3,(H,33,36)(H,34,39). The molecule has 2 aromatic rings. The SMILES string of the molecule is C#CN(C(=O)C(CS)NC(=O)OC(C)(C)C)C(C(=O)NC(Cc1ccccc1)C(=O)OC(C)(C)C)c1ccccc1C. The van der Waals surface area contributed by atoms with E-state index in [0.717, 1.165) is 10.5 Å². The molecule has 0 bridgehead atoms. The van der Waals surface area contributed by atoms with Crippen molar-refractivity contribution in [2.45, 2.75) is 84.2 Å². The van der Waals surface area contributed by atoms with Gasteiger partial charge in [-0.2, -0.15) is 12.6 Å². The lowest BCUT2D eigenvalue weighted by atomic mass is 9.97. The molecule has 0 spiro atoms. The molecule has 0 aromatic heterocycles. The first-order valence-electron chi connectivity index (χ1n) is 13.6. The quantitative estimate of drug-likeness (QED) is 0.163. The third-order valence-corrected chi connectivity index (χ3v) is 6.19. The van der Waals surface area contributed by atoms with Crippen molar-refractivity contribution in [2.24, 2.45) is 0 Å². The highest BCUT2D eigenvalue weighted by atomic mass is 32.1. The summed E-state index contributed by atoms with van der Waals surface area (Å²) in [6.07, 6.45) is 5.14. The van der Waals surface area contributed by atoms with Crippen LogP contribution in [0.4, 0.5) is 4.79 Å². The first-order chi connectivity index (χ1) is 19.6. The van der Waals surface area contributed by atoms with E-state index in [1.807, 2.05) is 30.3 Å². The minimum Gasteiger partial charge on any atom is -0.458 e. The lowest BCUT2D eigenvalue weighted by Gasteiger charge is -2.32. The number of thiol groups is 1. The van der Waals surface area contributed by atoms with E-state index >= 15 is 0 Å². The van der Waals surface area contributed by atoms with Gasteiger partial charge in [-0.25, -0.2) is 9.59 Å². The Balaban J connectivity index is 2.49. The molecular formula is C32H41N3O6S. The second-order valence-corrected chi connectivity index (χ2v) is 12.1. The topological polar surface area (TPSA) is 114 Å². The van der Waals surface area contributed by atoms with Gasteiger partial charge in [0.15, 0.2) is 0 Å². The smallest absolute Gasteiger partial charge is 0.408 e. The zero-order valence-electron chi connectivity index (χ0n) is 25.3. The molecule has 42 heavy (non-hydrogen) atoms. The van der Waals surface area contributed by atoms with Gasteiger partial charge in [0, 0.05) is 18.2 Å². The number of aryl methyl sites for hydroxylation is 1. The van der Waals surface area contributed by atoms with E-state index in [-0.39, 0.29) is 12.2 Å². The van der Waals surface area contributed by atoms with Crippen molar-refractivity contribution >= 4 is 36.5 Å². The van der Waals surface area contributed by atoms with Crippen molar-refractivity contribution in [3.8, 4) is 12.5 Å². The number of hydrogen-bond donors (Lipinski definition) is 3. The number of nitrogens with one attached hydrogen (secondary N) is 2. The van der Waals surface area contributed by atoms with Crippen molar-refractivity contribution in [3.05, 3.63) is 71.3 Å². The lowest BCUT2D eigenvalue weighted by Crippen LogP contribution is -2.54. The van der Waals surface area contributed by atoms with Gasteiger partial charge in [0.2, 0.25) is 5.91 Å². The summed E-state index contributed by atoms with van der Waals surface area (Å²) in [5.74, 6) is -2.20. The molecule has 0 fully saturated rings. The zero-order chi connectivity index (χ0) is 31.7. The molecule has 226 valence electrons. The number of carbonyl (C=O) groups is 4. The Bertz CT molecular complexity index is 1290. The summed E-state index contributed by atoms with van der Waals surface area (Å²) in [6, 6.07) is 14.8. The number of rotatable bonds is 10. The number of carbonyl (C=O) groups excluding carboxylic acids is 4. The summed E-state index contributed by atoms with van der Waals surface area (Å²) in [5, 5.41) is 5.26. The molecule has 3 amide bonds. The molecule has 0 heterocycles. The second-order valence-electron chi connectivity index (χ2n) is 11.8. The van der Waals surface area contributed by atoms with Crippen LogP contribution in [0.15, 0.2) is 54.6 Å². The molecule has 0 radical (unpaired) electrons. The van der Waals surface area contributed by atoms with Crippen molar-refractivity contribution < 1.29 is 28.7 Å². The van der Waals surface area contributed by atoms with Crippen LogP contribution in [0.3, 0.4) is 0 Å². The fourth-order valence-electron chi connectivity index (χ4n) is 4.03. The van der Waals surface area contributed by atoms with Crippen LogP contribution < -0.4 is 10.6 Å². The first kappa shape index (κ1) is 34.2. The maximum atomic E-state index is 14.1. The molecule has 3 atom stereocenters. The number of ether oxygens (including phenoxy) is 2. The summed E-state index contributed by atoms with van der Waals surface area (Å²) in [4.78, 5) is 54.4. The highest BCUT2D eigenvalue weighted by Crippen LogP contribution is 2.26. The van der Waals surface area contributed by atoms with E-state index in [1.165, 1.54) is 0 Å². The van der Waals surface area contributed by atoms with Crippen LogP contribution in [0.25, 0.3) is 0 Å². The molecule has 9 nitrogen and oxygen atoms in total. The average Bonchev–Trinajstić information content (AvgIpc) is 2.88. The van der Waals surface area contributed by atoms with Crippen LogP contribution in [-0.2, 0) is 30.3 Å². The van der Waals surface area contributed by atoms with Crippen molar-refractivity contribution in [2.75, 3.05) is 5.75 Å².